The van der Waals surface area contributed by atoms with Gasteiger partial charge in [-0.25, -0.2) is 8.42 Å². The molecule has 8 heteroatoms. The molecule has 1 aromatic heterocycles. The van der Waals surface area contributed by atoms with Crippen LogP contribution in [-0.4, -0.2) is 18.5 Å². The number of aromatic nitrogens is 1. The lowest BCUT2D eigenvalue weighted by Crippen LogP contribution is -2.12. The Morgan fingerprint density at radius 1 is 1.40 bits per heavy atom. The average molecular weight is 380 g/mol. The molecule has 1 heterocycles. The standard InChI is InChI=1S/C12H12BrClN2O3S/c1-7-2-10(13)12(4-11(7)14)16-20(18,19)9-3-8(6-17)15-5-9/h2-5,15-17H,6H2,1H3. The van der Waals surface area contributed by atoms with Gasteiger partial charge in [0.25, 0.3) is 10.0 Å². The number of aliphatic hydroxyl groups excluding tert-OH is 1. The number of aryl methyl sites for hydroxylation is 1. The van der Waals surface area contributed by atoms with E-state index < -0.39 is 10.0 Å². The lowest BCUT2D eigenvalue weighted by atomic mass is 10.2. The van der Waals surface area contributed by atoms with Gasteiger partial charge in [0.15, 0.2) is 0 Å². The fourth-order valence-corrected chi connectivity index (χ4v) is 3.53. The summed E-state index contributed by atoms with van der Waals surface area (Å²) in [5, 5.41) is 9.41. The highest BCUT2D eigenvalue weighted by atomic mass is 79.9. The number of sulfonamides is 1. The van der Waals surface area contributed by atoms with E-state index in [1.165, 1.54) is 18.3 Å². The average Bonchev–Trinajstić information content (AvgIpc) is 2.85. The van der Waals surface area contributed by atoms with Crippen LogP contribution in [0, 0.1) is 6.92 Å². The van der Waals surface area contributed by atoms with Crippen LogP contribution in [0.4, 0.5) is 5.69 Å². The Hall–Kier alpha value is -1.02. The first kappa shape index (κ1) is 15.4. The monoisotopic (exact) mass is 378 g/mol. The van der Waals surface area contributed by atoms with Crippen molar-refractivity contribution >= 4 is 43.2 Å². The lowest BCUT2D eigenvalue weighted by Gasteiger charge is -2.10. The second-order valence-electron chi connectivity index (χ2n) is 4.21. The number of rotatable bonds is 4. The molecule has 0 unspecified atom stereocenters. The number of benzene rings is 1. The summed E-state index contributed by atoms with van der Waals surface area (Å²) in [4.78, 5) is 2.72. The van der Waals surface area contributed by atoms with Crippen LogP contribution in [0.2, 0.25) is 5.02 Å². The van der Waals surface area contributed by atoms with Crippen molar-refractivity contribution in [1.82, 2.24) is 4.98 Å². The highest BCUT2D eigenvalue weighted by Gasteiger charge is 2.18. The van der Waals surface area contributed by atoms with E-state index in [1.807, 2.05) is 6.92 Å². The Labute approximate surface area is 130 Å². The van der Waals surface area contributed by atoms with Gasteiger partial charge in [-0.3, -0.25) is 4.72 Å². The Kier molecular flexibility index (Phi) is 4.43. The van der Waals surface area contributed by atoms with Gasteiger partial charge in [-0.1, -0.05) is 11.6 Å². The van der Waals surface area contributed by atoms with Gasteiger partial charge in [0.1, 0.15) is 4.90 Å². The normalized spacial score (nSPS) is 11.6. The number of nitrogens with one attached hydrogen (secondary N) is 2. The van der Waals surface area contributed by atoms with Gasteiger partial charge >= 0.3 is 0 Å². The molecule has 0 radical (unpaired) electrons. The molecular weight excluding hydrogens is 368 g/mol. The number of aromatic amines is 1. The molecule has 0 amide bonds. The molecule has 0 aliphatic heterocycles. The molecule has 0 aliphatic carbocycles. The third-order valence-electron chi connectivity index (χ3n) is 2.69. The maximum Gasteiger partial charge on any atom is 0.263 e. The van der Waals surface area contributed by atoms with Crippen LogP contribution < -0.4 is 4.72 Å². The predicted molar refractivity (Wildman–Crippen MR) is 81.4 cm³/mol. The van der Waals surface area contributed by atoms with Gasteiger partial charge in [-0.2, -0.15) is 0 Å². The molecular formula is C12H12BrClN2O3S. The summed E-state index contributed by atoms with van der Waals surface area (Å²) in [6, 6.07) is 4.64. The quantitative estimate of drug-likeness (QED) is 0.763. The maximum absolute atomic E-state index is 12.2. The molecule has 0 aliphatic rings. The summed E-state index contributed by atoms with van der Waals surface area (Å²) in [7, 11) is -3.74. The van der Waals surface area contributed by atoms with Gasteiger partial charge < -0.3 is 10.1 Å². The lowest BCUT2D eigenvalue weighted by molar-refractivity contribution is 0.277. The van der Waals surface area contributed by atoms with Gasteiger partial charge in [0, 0.05) is 21.4 Å². The van der Waals surface area contributed by atoms with E-state index in [9.17, 15) is 8.42 Å². The fourth-order valence-electron chi connectivity index (χ4n) is 1.59. The molecule has 0 saturated heterocycles. The zero-order chi connectivity index (χ0) is 14.9. The van der Waals surface area contributed by atoms with Crippen molar-refractivity contribution in [3.05, 3.63) is 45.1 Å². The van der Waals surface area contributed by atoms with Crippen LogP contribution in [0.3, 0.4) is 0 Å². The summed E-state index contributed by atoms with van der Waals surface area (Å²) in [6.07, 6.45) is 1.32. The summed E-state index contributed by atoms with van der Waals surface area (Å²) in [6.45, 7) is 1.57. The number of anilines is 1. The molecule has 0 atom stereocenters. The van der Waals surface area contributed by atoms with Crippen molar-refractivity contribution < 1.29 is 13.5 Å². The van der Waals surface area contributed by atoms with E-state index in [4.69, 9.17) is 16.7 Å². The van der Waals surface area contributed by atoms with E-state index in [2.05, 4.69) is 25.6 Å². The molecule has 0 bridgehead atoms. The zero-order valence-electron chi connectivity index (χ0n) is 10.4. The first-order valence-corrected chi connectivity index (χ1v) is 8.25. The number of hydrogen-bond acceptors (Lipinski definition) is 3. The minimum atomic E-state index is -3.74. The smallest absolute Gasteiger partial charge is 0.263 e. The van der Waals surface area contributed by atoms with Crippen molar-refractivity contribution in [3.63, 3.8) is 0 Å². The molecule has 3 N–H and O–H groups in total. The Morgan fingerprint density at radius 2 is 2.10 bits per heavy atom. The highest BCUT2D eigenvalue weighted by Crippen LogP contribution is 2.30. The largest absolute Gasteiger partial charge is 0.390 e. The van der Waals surface area contributed by atoms with E-state index in [0.717, 1.165) is 5.56 Å². The number of halogens is 2. The molecule has 2 rings (SSSR count). The Morgan fingerprint density at radius 3 is 2.70 bits per heavy atom. The van der Waals surface area contributed by atoms with Gasteiger partial charge in [-0.05, 0) is 46.6 Å². The third-order valence-corrected chi connectivity index (χ3v) is 5.10. The molecule has 5 nitrogen and oxygen atoms in total. The second kappa shape index (κ2) is 5.77. The number of hydrogen-bond donors (Lipinski definition) is 3. The number of aliphatic hydroxyl groups is 1. The molecule has 0 spiro atoms. The fraction of sp³-hybridized carbons (Fsp3) is 0.167. The maximum atomic E-state index is 12.2. The third kappa shape index (κ3) is 3.17. The molecule has 0 fully saturated rings. The van der Waals surface area contributed by atoms with Gasteiger partial charge in [-0.15, -0.1) is 0 Å². The summed E-state index contributed by atoms with van der Waals surface area (Å²) in [5.74, 6) is 0. The van der Waals surface area contributed by atoms with Crippen molar-refractivity contribution in [3.8, 4) is 0 Å². The molecule has 0 saturated carbocycles. The summed E-state index contributed by atoms with van der Waals surface area (Å²) in [5.41, 5.74) is 1.62. The predicted octanol–water partition coefficient (Wildman–Crippen LogP) is 3.03. The Bertz CT molecular complexity index is 743. The van der Waals surface area contributed by atoms with Crippen LogP contribution in [0.5, 0.6) is 0 Å². The van der Waals surface area contributed by atoms with Crippen LogP contribution in [0.1, 0.15) is 11.3 Å². The van der Waals surface area contributed by atoms with Crippen LogP contribution in [-0.2, 0) is 16.6 Å². The van der Waals surface area contributed by atoms with E-state index in [0.29, 0.717) is 20.9 Å². The topological polar surface area (TPSA) is 82.2 Å². The first-order valence-electron chi connectivity index (χ1n) is 5.60. The number of H-pyrrole nitrogens is 1. The van der Waals surface area contributed by atoms with Crippen LogP contribution >= 0.6 is 27.5 Å². The molecule has 2 aromatic rings. The van der Waals surface area contributed by atoms with E-state index >= 15 is 0 Å². The van der Waals surface area contributed by atoms with Gasteiger partial charge in [0.2, 0.25) is 0 Å². The van der Waals surface area contributed by atoms with E-state index in [1.54, 1.807) is 6.07 Å². The van der Waals surface area contributed by atoms with Crippen molar-refractivity contribution in [1.29, 1.82) is 0 Å². The molecule has 20 heavy (non-hydrogen) atoms. The summed E-state index contributed by atoms with van der Waals surface area (Å²) >= 11 is 9.28. The minimum absolute atomic E-state index is 0.0464. The van der Waals surface area contributed by atoms with Crippen molar-refractivity contribution in [2.75, 3.05) is 4.72 Å². The zero-order valence-corrected chi connectivity index (χ0v) is 13.6. The minimum Gasteiger partial charge on any atom is -0.390 e. The molecule has 1 aromatic carbocycles. The Balaban J connectivity index is 2.35. The van der Waals surface area contributed by atoms with E-state index in [-0.39, 0.29) is 11.5 Å². The summed E-state index contributed by atoms with van der Waals surface area (Å²) < 4.78 is 27.5. The van der Waals surface area contributed by atoms with Gasteiger partial charge in [0.05, 0.1) is 12.3 Å². The first-order chi connectivity index (χ1) is 9.33. The van der Waals surface area contributed by atoms with Crippen molar-refractivity contribution in [2.24, 2.45) is 0 Å². The highest BCUT2D eigenvalue weighted by molar-refractivity contribution is 9.10. The molecule has 108 valence electrons. The second-order valence-corrected chi connectivity index (χ2v) is 7.15. The van der Waals surface area contributed by atoms with Crippen LogP contribution in [0.15, 0.2) is 33.8 Å². The van der Waals surface area contributed by atoms with Crippen LogP contribution in [0.25, 0.3) is 0 Å². The SMILES string of the molecule is Cc1cc(Br)c(NS(=O)(=O)c2c[nH]c(CO)c2)cc1Cl. The van der Waals surface area contributed by atoms with Crippen molar-refractivity contribution in [2.45, 2.75) is 18.4 Å².